The molecule has 0 bridgehead atoms. The quantitative estimate of drug-likeness (QED) is 0.641. The molecule has 1 N–H and O–H groups in total. The molecule has 2 nitrogen and oxygen atoms in total. The second-order valence-electron chi connectivity index (χ2n) is 2.99. The largest absolute Gasteiger partial charge is 0.312 e. The Morgan fingerprint density at radius 1 is 1.38 bits per heavy atom. The predicted octanol–water partition coefficient (Wildman–Crippen LogP) is 2.49. The number of aromatic nitrogens is 1. The molecule has 0 spiro atoms. The molecule has 0 unspecified atom stereocenters. The number of benzene rings is 1. The molecule has 0 aliphatic carbocycles. The number of H-pyrrole nitrogens is 1. The smallest absolute Gasteiger partial charge is 0.257 e. The van der Waals surface area contributed by atoms with Gasteiger partial charge in [0.25, 0.3) is 5.56 Å². The van der Waals surface area contributed by atoms with Crippen LogP contribution in [0.25, 0.3) is 10.8 Å². The molecular weight excluding hydrogens is 186 g/mol. The van der Waals surface area contributed by atoms with Crippen molar-refractivity contribution >= 4 is 22.4 Å². The molecule has 1 heterocycles. The number of hydrogen-bond acceptors (Lipinski definition) is 1. The van der Waals surface area contributed by atoms with Crippen molar-refractivity contribution < 1.29 is 0 Å². The fraction of sp³-hybridized carbons (Fsp3) is 0.100. The highest BCUT2D eigenvalue weighted by Crippen LogP contribution is 2.16. The van der Waals surface area contributed by atoms with Crippen LogP contribution in [0.3, 0.4) is 0 Å². The van der Waals surface area contributed by atoms with Crippen LogP contribution < -0.4 is 5.56 Å². The van der Waals surface area contributed by atoms with E-state index < -0.39 is 0 Å². The van der Waals surface area contributed by atoms with Crippen molar-refractivity contribution in [3.63, 3.8) is 0 Å². The Labute approximate surface area is 80.2 Å². The molecule has 0 amide bonds. The van der Waals surface area contributed by atoms with Crippen LogP contribution in [-0.2, 0) is 0 Å². The minimum Gasteiger partial charge on any atom is -0.312 e. The summed E-state index contributed by atoms with van der Waals surface area (Å²) in [7, 11) is 0. The molecule has 1 aromatic heterocycles. The summed E-state index contributed by atoms with van der Waals surface area (Å²) in [6, 6.07) is 7.45. The first-order valence-electron chi connectivity index (χ1n) is 3.96. The van der Waals surface area contributed by atoms with Crippen molar-refractivity contribution in [2.45, 2.75) is 6.92 Å². The van der Waals surface area contributed by atoms with E-state index in [9.17, 15) is 4.79 Å². The van der Waals surface area contributed by atoms with Crippen molar-refractivity contribution in [2.75, 3.05) is 0 Å². The predicted molar refractivity (Wildman–Crippen MR) is 54.3 cm³/mol. The van der Waals surface area contributed by atoms with E-state index in [4.69, 9.17) is 11.6 Å². The Morgan fingerprint density at radius 3 is 2.92 bits per heavy atom. The van der Waals surface area contributed by atoms with E-state index in [2.05, 4.69) is 4.98 Å². The van der Waals surface area contributed by atoms with Gasteiger partial charge < -0.3 is 4.98 Å². The van der Waals surface area contributed by atoms with Gasteiger partial charge in [-0.05, 0) is 23.9 Å². The molecular formula is C10H8ClNO. The average Bonchev–Trinajstić information content (AvgIpc) is 2.02. The number of hydrogen-bond donors (Lipinski definition) is 1. The molecule has 0 atom stereocenters. The van der Waals surface area contributed by atoms with Crippen LogP contribution in [-0.4, -0.2) is 4.98 Å². The summed E-state index contributed by atoms with van der Waals surface area (Å²) in [6.07, 6.45) is 0. The molecule has 0 aliphatic rings. The molecule has 13 heavy (non-hydrogen) atoms. The van der Waals surface area contributed by atoms with E-state index in [0.717, 1.165) is 10.9 Å². The third kappa shape index (κ3) is 1.33. The van der Waals surface area contributed by atoms with Crippen molar-refractivity contribution in [1.29, 1.82) is 0 Å². The number of aryl methyl sites for hydroxylation is 1. The summed E-state index contributed by atoms with van der Waals surface area (Å²) in [4.78, 5) is 14.0. The van der Waals surface area contributed by atoms with Crippen LogP contribution in [0.4, 0.5) is 0 Å². The van der Waals surface area contributed by atoms with Crippen LogP contribution in [0, 0.1) is 6.92 Å². The molecule has 66 valence electrons. The molecule has 2 rings (SSSR count). The van der Waals surface area contributed by atoms with Gasteiger partial charge >= 0.3 is 0 Å². The molecule has 0 aliphatic heterocycles. The number of halogens is 1. The van der Waals surface area contributed by atoms with Gasteiger partial charge in [0.1, 0.15) is 5.15 Å². The zero-order valence-corrected chi connectivity index (χ0v) is 7.85. The van der Waals surface area contributed by atoms with Crippen molar-refractivity contribution in [3.05, 3.63) is 45.3 Å². The maximum absolute atomic E-state index is 11.5. The van der Waals surface area contributed by atoms with Crippen molar-refractivity contribution in [3.8, 4) is 0 Å². The zero-order chi connectivity index (χ0) is 9.42. The van der Waals surface area contributed by atoms with E-state index >= 15 is 0 Å². The monoisotopic (exact) mass is 193 g/mol. The topological polar surface area (TPSA) is 32.9 Å². The molecule has 0 saturated carbocycles. The van der Waals surface area contributed by atoms with Crippen LogP contribution in [0.15, 0.2) is 29.1 Å². The van der Waals surface area contributed by atoms with E-state index in [1.165, 1.54) is 0 Å². The second kappa shape index (κ2) is 2.89. The van der Waals surface area contributed by atoms with E-state index in [1.54, 1.807) is 6.07 Å². The minimum absolute atomic E-state index is 0.124. The van der Waals surface area contributed by atoms with Gasteiger partial charge in [0.15, 0.2) is 0 Å². The fourth-order valence-electron chi connectivity index (χ4n) is 1.46. The Hall–Kier alpha value is -1.28. The van der Waals surface area contributed by atoms with Crippen LogP contribution in [0.5, 0.6) is 0 Å². The third-order valence-electron chi connectivity index (χ3n) is 2.05. The summed E-state index contributed by atoms with van der Waals surface area (Å²) >= 11 is 5.72. The van der Waals surface area contributed by atoms with E-state index in [1.807, 2.05) is 25.1 Å². The third-order valence-corrected chi connectivity index (χ3v) is 2.25. The molecule has 1 aromatic carbocycles. The summed E-state index contributed by atoms with van der Waals surface area (Å²) < 4.78 is 0. The van der Waals surface area contributed by atoms with Crippen molar-refractivity contribution in [1.82, 2.24) is 4.98 Å². The van der Waals surface area contributed by atoms with Gasteiger partial charge in [-0.3, -0.25) is 4.79 Å². The highest BCUT2D eigenvalue weighted by Gasteiger charge is 2.02. The number of rotatable bonds is 0. The van der Waals surface area contributed by atoms with Crippen LogP contribution in [0.2, 0.25) is 5.15 Å². The SMILES string of the molecule is Cc1cccc2cc(Cl)[nH]c(=O)c12. The molecule has 2 aromatic rings. The molecule has 0 radical (unpaired) electrons. The van der Waals surface area contributed by atoms with Crippen LogP contribution >= 0.6 is 11.6 Å². The maximum atomic E-state index is 11.5. The van der Waals surface area contributed by atoms with E-state index in [0.29, 0.717) is 10.5 Å². The lowest BCUT2D eigenvalue weighted by Gasteiger charge is -2.00. The van der Waals surface area contributed by atoms with Crippen LogP contribution in [0.1, 0.15) is 5.56 Å². The molecule has 3 heteroatoms. The van der Waals surface area contributed by atoms with Gasteiger partial charge in [0.05, 0.1) is 0 Å². The number of aromatic amines is 1. The Morgan fingerprint density at radius 2 is 2.15 bits per heavy atom. The summed E-state index contributed by atoms with van der Waals surface area (Å²) in [5, 5.41) is 1.98. The Kier molecular flexibility index (Phi) is 1.85. The maximum Gasteiger partial charge on any atom is 0.257 e. The Bertz CT molecular complexity index is 516. The van der Waals surface area contributed by atoms with Gasteiger partial charge in [0.2, 0.25) is 0 Å². The lowest BCUT2D eigenvalue weighted by atomic mass is 10.1. The standard InChI is InChI=1S/C10H8ClNO/c1-6-3-2-4-7-5-8(11)12-10(13)9(6)7/h2-5H,1H3,(H,12,13). The lowest BCUT2D eigenvalue weighted by molar-refractivity contribution is 1.27. The van der Waals surface area contributed by atoms with Gasteiger partial charge in [-0.15, -0.1) is 0 Å². The fourth-order valence-corrected chi connectivity index (χ4v) is 1.67. The van der Waals surface area contributed by atoms with Gasteiger partial charge in [0, 0.05) is 5.39 Å². The first-order chi connectivity index (χ1) is 6.18. The average molecular weight is 194 g/mol. The first kappa shape index (κ1) is 8.32. The molecule has 0 fully saturated rings. The van der Waals surface area contributed by atoms with Gasteiger partial charge in [-0.25, -0.2) is 0 Å². The highest BCUT2D eigenvalue weighted by molar-refractivity contribution is 6.30. The van der Waals surface area contributed by atoms with Gasteiger partial charge in [-0.1, -0.05) is 29.8 Å². The zero-order valence-electron chi connectivity index (χ0n) is 7.10. The minimum atomic E-state index is -0.124. The summed E-state index contributed by atoms with van der Waals surface area (Å²) in [5.74, 6) is 0. The highest BCUT2D eigenvalue weighted by atomic mass is 35.5. The molecule has 0 saturated heterocycles. The number of fused-ring (bicyclic) bond motifs is 1. The summed E-state index contributed by atoms with van der Waals surface area (Å²) in [6.45, 7) is 1.91. The lowest BCUT2D eigenvalue weighted by Crippen LogP contribution is -2.06. The summed E-state index contributed by atoms with van der Waals surface area (Å²) in [5.41, 5.74) is 0.844. The van der Waals surface area contributed by atoms with Gasteiger partial charge in [-0.2, -0.15) is 0 Å². The number of nitrogens with one attached hydrogen (secondary N) is 1. The number of pyridine rings is 1. The Balaban J connectivity index is 3.03. The first-order valence-corrected chi connectivity index (χ1v) is 4.34. The second-order valence-corrected chi connectivity index (χ2v) is 3.39. The normalized spacial score (nSPS) is 10.6. The van der Waals surface area contributed by atoms with E-state index in [-0.39, 0.29) is 5.56 Å². The van der Waals surface area contributed by atoms with Crippen molar-refractivity contribution in [2.24, 2.45) is 0 Å².